The van der Waals surface area contributed by atoms with Crippen molar-refractivity contribution in [2.24, 2.45) is 5.10 Å². The molecule has 1 fully saturated rings. The number of benzene rings is 1. The lowest BCUT2D eigenvalue weighted by atomic mass is 10.1. The molecule has 0 unspecified atom stereocenters. The topological polar surface area (TPSA) is 50.5 Å². The van der Waals surface area contributed by atoms with Gasteiger partial charge in [0.05, 0.1) is 10.9 Å². The zero-order chi connectivity index (χ0) is 13.2. The summed E-state index contributed by atoms with van der Waals surface area (Å²) in [7, 11) is 2.10. The van der Waals surface area contributed by atoms with Crippen molar-refractivity contribution in [2.45, 2.75) is 12.8 Å². The molecule has 0 amide bonds. The summed E-state index contributed by atoms with van der Waals surface area (Å²) in [5.74, 6) is 0. The van der Waals surface area contributed by atoms with Crippen LogP contribution in [0, 0.1) is 0 Å². The summed E-state index contributed by atoms with van der Waals surface area (Å²) in [5, 5.41) is 5.05. The number of fused-ring (bicyclic) bond motifs is 1. The molecule has 3 rings (SSSR count). The quantitative estimate of drug-likeness (QED) is 0.773. The van der Waals surface area contributed by atoms with Crippen molar-refractivity contribution < 1.29 is 0 Å². The van der Waals surface area contributed by atoms with Crippen molar-refractivity contribution in [3.05, 3.63) is 40.9 Å². The highest BCUT2D eigenvalue weighted by Gasteiger charge is 2.12. The Morgan fingerprint density at radius 3 is 2.74 bits per heavy atom. The van der Waals surface area contributed by atoms with Gasteiger partial charge in [-0.2, -0.15) is 9.78 Å². The van der Waals surface area contributed by atoms with Crippen molar-refractivity contribution in [1.82, 2.24) is 14.6 Å². The SMILES string of the molecule is CN1CCC(=Nn2cnc3ccccc3c2=O)CC1. The molecule has 0 bridgehead atoms. The van der Waals surface area contributed by atoms with E-state index in [1.54, 1.807) is 6.07 Å². The summed E-state index contributed by atoms with van der Waals surface area (Å²) < 4.78 is 1.36. The summed E-state index contributed by atoms with van der Waals surface area (Å²) in [4.78, 5) is 18.8. The van der Waals surface area contributed by atoms with E-state index in [-0.39, 0.29) is 5.56 Å². The molecule has 98 valence electrons. The number of piperidine rings is 1. The van der Waals surface area contributed by atoms with E-state index >= 15 is 0 Å². The standard InChI is InChI=1S/C14H16N4O/c1-17-8-6-11(7-9-17)16-18-10-15-13-5-3-2-4-12(13)14(18)19/h2-5,10H,6-9H2,1H3. The van der Waals surface area contributed by atoms with E-state index in [2.05, 4.69) is 22.0 Å². The minimum Gasteiger partial charge on any atom is -0.306 e. The van der Waals surface area contributed by atoms with Crippen molar-refractivity contribution in [2.75, 3.05) is 20.1 Å². The van der Waals surface area contributed by atoms with Gasteiger partial charge in [-0.15, -0.1) is 0 Å². The number of hydrogen-bond acceptors (Lipinski definition) is 4. The Bertz CT molecular complexity index is 679. The molecule has 1 aliphatic heterocycles. The lowest BCUT2D eigenvalue weighted by molar-refractivity contribution is 0.335. The van der Waals surface area contributed by atoms with Crippen LogP contribution in [0.5, 0.6) is 0 Å². The molecule has 0 saturated carbocycles. The van der Waals surface area contributed by atoms with Crippen LogP contribution in [0.3, 0.4) is 0 Å². The van der Waals surface area contributed by atoms with E-state index in [0.717, 1.165) is 31.6 Å². The minimum absolute atomic E-state index is 0.1000. The second kappa shape index (κ2) is 4.93. The second-order valence-electron chi connectivity index (χ2n) is 4.88. The highest BCUT2D eigenvalue weighted by Crippen LogP contribution is 2.07. The van der Waals surface area contributed by atoms with Gasteiger partial charge in [-0.3, -0.25) is 4.79 Å². The fraction of sp³-hybridized carbons (Fsp3) is 0.357. The van der Waals surface area contributed by atoms with E-state index in [4.69, 9.17) is 0 Å². The normalized spacial score (nSPS) is 16.8. The predicted octanol–water partition coefficient (Wildman–Crippen LogP) is 1.33. The maximum atomic E-state index is 12.3. The minimum atomic E-state index is -0.1000. The average molecular weight is 256 g/mol. The Morgan fingerprint density at radius 1 is 1.21 bits per heavy atom. The van der Waals surface area contributed by atoms with Gasteiger partial charge >= 0.3 is 0 Å². The molecule has 1 saturated heterocycles. The van der Waals surface area contributed by atoms with E-state index in [1.807, 2.05) is 18.2 Å². The van der Waals surface area contributed by atoms with Gasteiger partial charge < -0.3 is 4.90 Å². The van der Waals surface area contributed by atoms with Gasteiger partial charge in [-0.05, 0) is 19.2 Å². The number of rotatable bonds is 1. The molecule has 0 spiro atoms. The van der Waals surface area contributed by atoms with Crippen LogP contribution in [-0.2, 0) is 0 Å². The van der Waals surface area contributed by atoms with Gasteiger partial charge in [-0.1, -0.05) is 12.1 Å². The highest BCUT2D eigenvalue weighted by atomic mass is 16.1. The van der Waals surface area contributed by atoms with Gasteiger partial charge in [0, 0.05) is 31.6 Å². The van der Waals surface area contributed by atoms with Crippen LogP contribution in [0.4, 0.5) is 0 Å². The number of nitrogens with zero attached hydrogens (tertiary/aromatic N) is 4. The molecular weight excluding hydrogens is 240 g/mol. The monoisotopic (exact) mass is 256 g/mol. The van der Waals surface area contributed by atoms with Crippen molar-refractivity contribution in [1.29, 1.82) is 0 Å². The molecule has 1 aliphatic rings. The zero-order valence-corrected chi connectivity index (χ0v) is 10.9. The van der Waals surface area contributed by atoms with Gasteiger partial charge in [0.15, 0.2) is 0 Å². The van der Waals surface area contributed by atoms with Gasteiger partial charge in [-0.25, -0.2) is 4.98 Å². The first kappa shape index (κ1) is 12.0. The Balaban J connectivity index is 2.00. The van der Waals surface area contributed by atoms with Crippen LogP contribution >= 0.6 is 0 Å². The third-order valence-corrected chi connectivity index (χ3v) is 3.46. The zero-order valence-electron chi connectivity index (χ0n) is 10.9. The molecule has 5 nitrogen and oxygen atoms in total. The first-order valence-corrected chi connectivity index (χ1v) is 6.46. The molecule has 0 radical (unpaired) electrons. The summed E-state index contributed by atoms with van der Waals surface area (Å²) in [6, 6.07) is 7.35. The number of hydrogen-bond donors (Lipinski definition) is 0. The average Bonchev–Trinajstić information content (AvgIpc) is 2.45. The highest BCUT2D eigenvalue weighted by molar-refractivity contribution is 5.85. The second-order valence-corrected chi connectivity index (χ2v) is 4.88. The van der Waals surface area contributed by atoms with Crippen molar-refractivity contribution >= 4 is 16.6 Å². The molecule has 5 heteroatoms. The largest absolute Gasteiger partial charge is 0.306 e. The molecule has 1 aromatic carbocycles. The Kier molecular flexibility index (Phi) is 3.13. The number of likely N-dealkylation sites (tertiary alicyclic amines) is 1. The van der Waals surface area contributed by atoms with E-state index < -0.39 is 0 Å². The Morgan fingerprint density at radius 2 is 1.95 bits per heavy atom. The van der Waals surface area contributed by atoms with Crippen molar-refractivity contribution in [3.8, 4) is 0 Å². The maximum Gasteiger partial charge on any atom is 0.281 e. The van der Waals surface area contributed by atoms with Crippen LogP contribution in [0.1, 0.15) is 12.8 Å². The lowest BCUT2D eigenvalue weighted by Gasteiger charge is -2.22. The number of para-hydroxylation sites is 1. The first-order valence-electron chi connectivity index (χ1n) is 6.46. The van der Waals surface area contributed by atoms with E-state index in [1.165, 1.54) is 11.0 Å². The maximum absolute atomic E-state index is 12.3. The lowest BCUT2D eigenvalue weighted by Crippen LogP contribution is -2.31. The fourth-order valence-corrected chi connectivity index (χ4v) is 2.26. The van der Waals surface area contributed by atoms with Crippen LogP contribution in [0.15, 0.2) is 40.5 Å². The van der Waals surface area contributed by atoms with Crippen LogP contribution < -0.4 is 5.56 Å². The Hall–Kier alpha value is -2.01. The molecular formula is C14H16N4O. The summed E-state index contributed by atoms with van der Waals surface area (Å²) in [6.45, 7) is 1.99. The smallest absolute Gasteiger partial charge is 0.281 e. The van der Waals surface area contributed by atoms with Gasteiger partial charge in [0.1, 0.15) is 6.33 Å². The van der Waals surface area contributed by atoms with Gasteiger partial charge in [0.2, 0.25) is 0 Å². The summed E-state index contributed by atoms with van der Waals surface area (Å²) >= 11 is 0. The van der Waals surface area contributed by atoms with Crippen LogP contribution in [-0.4, -0.2) is 40.4 Å². The fourth-order valence-electron chi connectivity index (χ4n) is 2.26. The molecule has 0 N–H and O–H groups in total. The van der Waals surface area contributed by atoms with Crippen LogP contribution in [0.2, 0.25) is 0 Å². The van der Waals surface area contributed by atoms with Gasteiger partial charge in [0.25, 0.3) is 5.56 Å². The molecule has 2 aromatic rings. The third kappa shape index (κ3) is 2.42. The first-order chi connectivity index (χ1) is 9.24. The predicted molar refractivity (Wildman–Crippen MR) is 75.6 cm³/mol. The number of aromatic nitrogens is 2. The molecule has 2 heterocycles. The van der Waals surface area contributed by atoms with Crippen molar-refractivity contribution in [3.63, 3.8) is 0 Å². The third-order valence-electron chi connectivity index (χ3n) is 3.46. The Labute approximate surface area is 111 Å². The molecule has 0 atom stereocenters. The molecule has 1 aromatic heterocycles. The molecule has 19 heavy (non-hydrogen) atoms. The van der Waals surface area contributed by atoms with Crippen LogP contribution in [0.25, 0.3) is 10.9 Å². The van der Waals surface area contributed by atoms with E-state index in [0.29, 0.717) is 10.9 Å². The molecule has 0 aliphatic carbocycles. The summed E-state index contributed by atoms with van der Waals surface area (Å²) in [5.41, 5.74) is 1.68. The summed E-state index contributed by atoms with van der Waals surface area (Å²) in [6.07, 6.45) is 3.33. The van der Waals surface area contributed by atoms with E-state index in [9.17, 15) is 4.79 Å².